The molecule has 0 saturated heterocycles. The third-order valence-corrected chi connectivity index (χ3v) is 5.69. The second-order valence-corrected chi connectivity index (χ2v) is 8.03. The summed E-state index contributed by atoms with van der Waals surface area (Å²) in [6.45, 7) is 0.892. The van der Waals surface area contributed by atoms with Gasteiger partial charge in [-0.3, -0.25) is 0 Å². The molecule has 0 spiro atoms. The molecular weight excluding hydrogens is 310 g/mol. The number of hydrogen-bond acceptors (Lipinski definition) is 6. The molecule has 0 aromatic heterocycles. The van der Waals surface area contributed by atoms with E-state index in [1.807, 2.05) is 0 Å². The van der Waals surface area contributed by atoms with Crippen LogP contribution in [0.25, 0.3) is 0 Å². The van der Waals surface area contributed by atoms with Crippen LogP contribution in [0.1, 0.15) is 6.42 Å². The minimum atomic E-state index is -3.45. The van der Waals surface area contributed by atoms with Crippen molar-refractivity contribution in [2.24, 2.45) is 0 Å². The molecule has 1 aromatic rings. The molecule has 1 rings (SSSR count). The lowest BCUT2D eigenvalue weighted by Crippen LogP contribution is -2.22. The van der Waals surface area contributed by atoms with Crippen LogP contribution < -0.4 is 11.1 Å². The number of nitrogens with zero attached hydrogens (tertiary/aromatic N) is 1. The average Bonchev–Trinajstić information content (AvgIpc) is 2.44. The number of hydrogen-bond donors (Lipinski definition) is 3. The molecule has 0 fully saturated rings. The molecule has 0 atom stereocenters. The third kappa shape index (κ3) is 5.39. The van der Waals surface area contributed by atoms with E-state index >= 15 is 0 Å². The van der Waals surface area contributed by atoms with E-state index in [2.05, 4.69) is 5.32 Å². The number of nitrogens with two attached hydrogens (primary N) is 1. The SMILES string of the molecule is CN(C)S(=O)(=O)c1ccc(N)c(NCCSCCCO)c1. The molecule has 0 amide bonds. The predicted molar refractivity (Wildman–Crippen MR) is 89.2 cm³/mol. The number of rotatable bonds is 9. The summed E-state index contributed by atoms with van der Waals surface area (Å²) in [7, 11) is -0.461. The van der Waals surface area contributed by atoms with Gasteiger partial charge in [0.25, 0.3) is 0 Å². The Morgan fingerprint density at radius 2 is 2.05 bits per heavy atom. The van der Waals surface area contributed by atoms with Crippen LogP contribution in [0.4, 0.5) is 11.4 Å². The number of benzene rings is 1. The Bertz CT molecular complexity index is 548. The van der Waals surface area contributed by atoms with Crippen molar-refractivity contribution < 1.29 is 13.5 Å². The minimum Gasteiger partial charge on any atom is -0.397 e. The van der Waals surface area contributed by atoms with Crippen LogP contribution in [0.5, 0.6) is 0 Å². The molecule has 0 aliphatic rings. The fourth-order valence-corrected chi connectivity index (χ4v) is 3.30. The van der Waals surface area contributed by atoms with E-state index < -0.39 is 10.0 Å². The van der Waals surface area contributed by atoms with Gasteiger partial charge in [-0.25, -0.2) is 12.7 Å². The van der Waals surface area contributed by atoms with Crippen LogP contribution in [0.2, 0.25) is 0 Å². The van der Waals surface area contributed by atoms with Gasteiger partial charge >= 0.3 is 0 Å². The fraction of sp³-hybridized carbons (Fsp3) is 0.538. The number of thioether (sulfide) groups is 1. The first kappa shape index (κ1) is 18.1. The zero-order valence-corrected chi connectivity index (χ0v) is 14.0. The fourth-order valence-electron chi connectivity index (χ4n) is 1.59. The van der Waals surface area contributed by atoms with Gasteiger partial charge in [-0.2, -0.15) is 11.8 Å². The van der Waals surface area contributed by atoms with Gasteiger partial charge in [0.05, 0.1) is 16.3 Å². The van der Waals surface area contributed by atoms with Gasteiger partial charge in [0.15, 0.2) is 0 Å². The molecule has 0 saturated carbocycles. The summed E-state index contributed by atoms with van der Waals surface area (Å²) in [5.41, 5.74) is 7.01. The van der Waals surface area contributed by atoms with Gasteiger partial charge in [-0.15, -0.1) is 0 Å². The number of sulfonamides is 1. The molecule has 120 valence electrons. The first-order valence-electron chi connectivity index (χ1n) is 6.64. The quantitative estimate of drug-likeness (QED) is 0.462. The van der Waals surface area contributed by atoms with Crippen LogP contribution in [-0.2, 0) is 10.0 Å². The Morgan fingerprint density at radius 3 is 2.67 bits per heavy atom. The normalized spacial score (nSPS) is 11.8. The van der Waals surface area contributed by atoms with E-state index in [0.29, 0.717) is 17.9 Å². The molecule has 8 heteroatoms. The van der Waals surface area contributed by atoms with Crippen molar-refractivity contribution >= 4 is 33.2 Å². The summed E-state index contributed by atoms with van der Waals surface area (Å²) in [4.78, 5) is 0.220. The maximum Gasteiger partial charge on any atom is 0.242 e. The van der Waals surface area contributed by atoms with Crippen molar-refractivity contribution in [1.29, 1.82) is 0 Å². The highest BCUT2D eigenvalue weighted by Gasteiger charge is 2.18. The molecule has 0 aliphatic carbocycles. The zero-order valence-electron chi connectivity index (χ0n) is 12.4. The summed E-state index contributed by atoms with van der Waals surface area (Å²) < 4.78 is 25.3. The number of nitrogen functional groups attached to an aromatic ring is 1. The lowest BCUT2D eigenvalue weighted by atomic mass is 10.2. The van der Waals surface area contributed by atoms with E-state index in [9.17, 15) is 8.42 Å². The number of nitrogens with one attached hydrogen (secondary N) is 1. The molecule has 6 nitrogen and oxygen atoms in total. The Kier molecular flexibility index (Phi) is 7.30. The van der Waals surface area contributed by atoms with Gasteiger partial charge in [0.1, 0.15) is 0 Å². The summed E-state index contributed by atoms with van der Waals surface area (Å²) in [5, 5.41) is 11.8. The second-order valence-electron chi connectivity index (χ2n) is 4.65. The molecule has 21 heavy (non-hydrogen) atoms. The molecule has 0 unspecified atom stereocenters. The van der Waals surface area contributed by atoms with Crippen molar-refractivity contribution in [2.75, 3.05) is 49.8 Å². The Balaban J connectivity index is 2.67. The lowest BCUT2D eigenvalue weighted by Gasteiger charge is -2.14. The van der Waals surface area contributed by atoms with Gasteiger partial charge in [0.2, 0.25) is 10.0 Å². The number of aliphatic hydroxyl groups is 1. The number of anilines is 2. The number of aliphatic hydroxyl groups excluding tert-OH is 1. The minimum absolute atomic E-state index is 0.206. The van der Waals surface area contributed by atoms with Gasteiger partial charge in [-0.1, -0.05) is 0 Å². The van der Waals surface area contributed by atoms with Crippen LogP contribution in [0.3, 0.4) is 0 Å². The smallest absolute Gasteiger partial charge is 0.242 e. The van der Waals surface area contributed by atoms with Crippen LogP contribution >= 0.6 is 11.8 Å². The summed E-state index contributed by atoms with van der Waals surface area (Å²) >= 11 is 1.73. The predicted octanol–water partition coefficient (Wildman–Crippen LogP) is 1.05. The van der Waals surface area contributed by atoms with E-state index in [1.54, 1.807) is 23.9 Å². The standard InChI is InChI=1S/C13H23N3O3S2/c1-16(2)21(18,19)11-4-5-12(14)13(10-11)15-6-9-20-8-3-7-17/h4-5,10,15,17H,3,6-9,14H2,1-2H3. The second kappa shape index (κ2) is 8.47. The zero-order chi connectivity index (χ0) is 15.9. The van der Waals surface area contributed by atoms with Crippen molar-refractivity contribution in [3.63, 3.8) is 0 Å². The Morgan fingerprint density at radius 1 is 1.33 bits per heavy atom. The first-order chi connectivity index (χ1) is 9.89. The molecule has 0 aliphatic heterocycles. The summed E-state index contributed by atoms with van der Waals surface area (Å²) in [6.07, 6.45) is 0.781. The molecule has 1 aromatic carbocycles. The topological polar surface area (TPSA) is 95.7 Å². The van der Waals surface area contributed by atoms with E-state index in [1.165, 1.54) is 24.5 Å². The van der Waals surface area contributed by atoms with E-state index in [0.717, 1.165) is 17.9 Å². The Hall–Kier alpha value is -0.960. The molecule has 4 N–H and O–H groups in total. The largest absolute Gasteiger partial charge is 0.397 e. The third-order valence-electron chi connectivity index (χ3n) is 2.81. The molecule has 0 bridgehead atoms. The van der Waals surface area contributed by atoms with E-state index in [4.69, 9.17) is 10.8 Å². The first-order valence-corrected chi connectivity index (χ1v) is 9.23. The lowest BCUT2D eigenvalue weighted by molar-refractivity contribution is 0.296. The highest BCUT2D eigenvalue weighted by Crippen LogP contribution is 2.24. The van der Waals surface area contributed by atoms with Gasteiger partial charge in [-0.05, 0) is 30.4 Å². The highest BCUT2D eigenvalue weighted by atomic mass is 32.2. The van der Waals surface area contributed by atoms with Crippen molar-refractivity contribution in [2.45, 2.75) is 11.3 Å². The van der Waals surface area contributed by atoms with Gasteiger partial charge in [0, 0.05) is 33.0 Å². The van der Waals surface area contributed by atoms with Crippen molar-refractivity contribution in [3.8, 4) is 0 Å². The average molecular weight is 333 g/mol. The monoisotopic (exact) mass is 333 g/mol. The molecular formula is C13H23N3O3S2. The molecule has 0 heterocycles. The van der Waals surface area contributed by atoms with Crippen molar-refractivity contribution in [1.82, 2.24) is 4.31 Å². The summed E-state index contributed by atoms with van der Waals surface area (Å²) in [5.74, 6) is 1.77. The highest BCUT2D eigenvalue weighted by molar-refractivity contribution is 7.99. The maximum absolute atomic E-state index is 12.1. The van der Waals surface area contributed by atoms with Gasteiger partial charge < -0.3 is 16.2 Å². The Labute approximate surface area is 130 Å². The summed E-state index contributed by atoms with van der Waals surface area (Å²) in [6, 6.07) is 4.66. The van der Waals surface area contributed by atoms with Crippen LogP contribution in [-0.4, -0.2) is 56.6 Å². The van der Waals surface area contributed by atoms with Crippen LogP contribution in [0, 0.1) is 0 Å². The van der Waals surface area contributed by atoms with E-state index in [-0.39, 0.29) is 11.5 Å². The maximum atomic E-state index is 12.1. The molecule has 0 radical (unpaired) electrons. The van der Waals surface area contributed by atoms with Crippen molar-refractivity contribution in [3.05, 3.63) is 18.2 Å². The van der Waals surface area contributed by atoms with Crippen LogP contribution in [0.15, 0.2) is 23.1 Å².